The largest absolute Gasteiger partial charge is 0.495 e. The minimum Gasteiger partial charge on any atom is -0.495 e. The molecule has 0 atom stereocenters. The molecule has 0 aliphatic rings. The fraction of sp³-hybridized carbons (Fsp3) is 0.167. The van der Waals surface area contributed by atoms with Gasteiger partial charge in [0, 0.05) is 16.7 Å². The van der Waals surface area contributed by atoms with Gasteiger partial charge in [-0.15, -0.1) is 0 Å². The van der Waals surface area contributed by atoms with Crippen LogP contribution in [0, 0.1) is 17.0 Å². The molecule has 0 radical (unpaired) electrons. The highest BCUT2D eigenvalue weighted by Crippen LogP contribution is 2.35. The predicted molar refractivity (Wildman–Crippen MR) is 137 cm³/mol. The van der Waals surface area contributed by atoms with Crippen molar-refractivity contribution in [3.8, 4) is 5.75 Å². The second-order valence-electron chi connectivity index (χ2n) is 7.63. The van der Waals surface area contributed by atoms with Gasteiger partial charge in [0.05, 0.1) is 28.3 Å². The van der Waals surface area contributed by atoms with Gasteiger partial charge in [-0.25, -0.2) is 13.8 Å². The number of hydrazone groups is 1. The average Bonchev–Trinajstić information content (AvgIpc) is 2.86. The summed E-state index contributed by atoms with van der Waals surface area (Å²) in [6.07, 6.45) is 0. The summed E-state index contributed by atoms with van der Waals surface area (Å²) in [4.78, 5) is 23.2. The molecule has 0 unspecified atom stereocenters. The molecule has 0 bridgehead atoms. The van der Waals surface area contributed by atoms with Gasteiger partial charge in [0.15, 0.2) is 0 Å². The van der Waals surface area contributed by atoms with E-state index in [-0.39, 0.29) is 32.6 Å². The number of amides is 1. The topological polar surface area (TPSA) is 131 Å². The molecule has 0 fully saturated rings. The normalized spacial score (nSPS) is 11.6. The number of sulfonamides is 1. The van der Waals surface area contributed by atoms with Gasteiger partial charge in [0.2, 0.25) is 0 Å². The van der Waals surface area contributed by atoms with Crippen LogP contribution in [-0.4, -0.2) is 38.6 Å². The summed E-state index contributed by atoms with van der Waals surface area (Å²) in [6, 6.07) is 16.9. The van der Waals surface area contributed by atoms with Gasteiger partial charge >= 0.3 is 0 Å². The van der Waals surface area contributed by atoms with E-state index in [1.807, 2.05) is 30.3 Å². The SMILES string of the molecule is COc1ccc(Cl)cc1N(CC(=O)N/N=C(/C)c1ccccc1)S(=O)(=O)c1ccc(C)c([N+](=O)[O-])c1. The lowest BCUT2D eigenvalue weighted by Crippen LogP contribution is -2.40. The summed E-state index contributed by atoms with van der Waals surface area (Å²) < 4.78 is 33.4. The summed E-state index contributed by atoms with van der Waals surface area (Å²) in [5.41, 5.74) is 3.52. The molecule has 0 aliphatic carbocycles. The van der Waals surface area contributed by atoms with Crippen molar-refractivity contribution in [2.75, 3.05) is 18.0 Å². The summed E-state index contributed by atoms with van der Waals surface area (Å²) >= 11 is 6.12. The molecule has 0 heterocycles. The summed E-state index contributed by atoms with van der Waals surface area (Å²) in [5.74, 6) is -0.626. The lowest BCUT2D eigenvalue weighted by Gasteiger charge is -2.25. The van der Waals surface area contributed by atoms with Gasteiger partial charge in [0.25, 0.3) is 21.6 Å². The molecule has 12 heteroatoms. The molecule has 0 spiro atoms. The zero-order valence-electron chi connectivity index (χ0n) is 19.6. The highest BCUT2D eigenvalue weighted by molar-refractivity contribution is 7.92. The summed E-state index contributed by atoms with van der Waals surface area (Å²) in [6.45, 7) is 2.48. The maximum Gasteiger partial charge on any atom is 0.273 e. The number of nitro groups is 1. The van der Waals surface area contributed by atoms with E-state index >= 15 is 0 Å². The van der Waals surface area contributed by atoms with E-state index in [4.69, 9.17) is 16.3 Å². The van der Waals surface area contributed by atoms with Crippen molar-refractivity contribution in [2.45, 2.75) is 18.7 Å². The maximum atomic E-state index is 13.7. The molecule has 3 aromatic rings. The van der Waals surface area contributed by atoms with Crippen LogP contribution in [0.3, 0.4) is 0 Å². The van der Waals surface area contributed by atoms with Crippen LogP contribution in [0.25, 0.3) is 0 Å². The first-order valence-corrected chi connectivity index (χ1v) is 12.4. The molecule has 1 amide bonds. The zero-order valence-corrected chi connectivity index (χ0v) is 21.2. The average molecular weight is 531 g/mol. The third-order valence-electron chi connectivity index (χ3n) is 5.20. The van der Waals surface area contributed by atoms with E-state index in [2.05, 4.69) is 10.5 Å². The molecule has 188 valence electrons. The number of nitrogens with one attached hydrogen (secondary N) is 1. The summed E-state index contributed by atoms with van der Waals surface area (Å²) in [7, 11) is -3.15. The smallest absolute Gasteiger partial charge is 0.273 e. The van der Waals surface area contributed by atoms with Crippen molar-refractivity contribution in [2.24, 2.45) is 5.10 Å². The minimum atomic E-state index is -4.48. The summed E-state index contributed by atoms with van der Waals surface area (Å²) in [5, 5.41) is 15.7. The minimum absolute atomic E-state index is 0.0212. The molecule has 0 aromatic heterocycles. The number of rotatable bonds is 9. The Bertz CT molecular complexity index is 1430. The van der Waals surface area contributed by atoms with E-state index in [0.717, 1.165) is 15.9 Å². The number of hydrogen-bond donors (Lipinski definition) is 1. The Labute approximate surface area is 213 Å². The van der Waals surface area contributed by atoms with Crippen molar-refractivity contribution in [3.63, 3.8) is 0 Å². The first kappa shape index (κ1) is 26.6. The molecule has 3 aromatic carbocycles. The molecule has 10 nitrogen and oxygen atoms in total. The van der Waals surface area contributed by atoms with E-state index < -0.39 is 27.4 Å². The number of aryl methyl sites for hydroxylation is 1. The number of halogens is 1. The van der Waals surface area contributed by atoms with Gasteiger partial charge in [-0.05, 0) is 43.7 Å². The number of methoxy groups -OCH3 is 1. The van der Waals surface area contributed by atoms with Gasteiger partial charge in [0.1, 0.15) is 12.3 Å². The molecular formula is C24H23ClN4O6S. The number of ether oxygens (including phenoxy) is 1. The zero-order chi connectivity index (χ0) is 26.5. The number of carbonyl (C=O) groups excluding carboxylic acids is 1. The van der Waals surface area contributed by atoms with Crippen LogP contribution in [0.2, 0.25) is 5.02 Å². The van der Waals surface area contributed by atoms with Gasteiger partial charge < -0.3 is 4.74 Å². The monoisotopic (exact) mass is 530 g/mol. The van der Waals surface area contributed by atoms with Crippen LogP contribution in [0.4, 0.5) is 11.4 Å². The Kier molecular flexibility index (Phi) is 8.28. The quantitative estimate of drug-likeness (QED) is 0.249. The number of benzene rings is 3. The third-order valence-corrected chi connectivity index (χ3v) is 7.19. The van der Waals surface area contributed by atoms with Crippen molar-refractivity contribution in [1.29, 1.82) is 0 Å². The van der Waals surface area contributed by atoms with E-state index in [1.165, 1.54) is 44.4 Å². The fourth-order valence-corrected chi connectivity index (χ4v) is 4.90. The van der Waals surface area contributed by atoms with E-state index in [9.17, 15) is 23.3 Å². The number of carbonyl (C=O) groups is 1. The van der Waals surface area contributed by atoms with Crippen molar-refractivity contribution in [1.82, 2.24) is 5.43 Å². The lowest BCUT2D eigenvalue weighted by atomic mass is 10.1. The van der Waals surface area contributed by atoms with Crippen LogP contribution in [-0.2, 0) is 14.8 Å². The second-order valence-corrected chi connectivity index (χ2v) is 9.93. The highest BCUT2D eigenvalue weighted by Gasteiger charge is 2.31. The van der Waals surface area contributed by atoms with Crippen molar-refractivity contribution < 1.29 is 22.9 Å². The fourth-order valence-electron chi connectivity index (χ4n) is 3.29. The van der Waals surface area contributed by atoms with Gasteiger partial charge in [-0.3, -0.25) is 19.2 Å². The Balaban J connectivity index is 2.04. The van der Waals surface area contributed by atoms with Crippen LogP contribution in [0.15, 0.2) is 76.7 Å². The van der Waals surface area contributed by atoms with Crippen LogP contribution in [0.1, 0.15) is 18.1 Å². The van der Waals surface area contributed by atoms with Crippen molar-refractivity contribution >= 4 is 44.6 Å². The maximum absolute atomic E-state index is 13.7. The number of hydrogen-bond acceptors (Lipinski definition) is 7. The molecule has 3 rings (SSSR count). The Morgan fingerprint density at radius 3 is 2.47 bits per heavy atom. The predicted octanol–water partition coefficient (Wildman–Crippen LogP) is 4.30. The first-order valence-electron chi connectivity index (χ1n) is 10.5. The number of nitro benzene ring substituents is 1. The van der Waals surface area contributed by atoms with Crippen LogP contribution < -0.4 is 14.5 Å². The lowest BCUT2D eigenvalue weighted by molar-refractivity contribution is -0.385. The molecule has 0 aliphatic heterocycles. The first-order chi connectivity index (χ1) is 17.0. The Morgan fingerprint density at radius 2 is 1.83 bits per heavy atom. The van der Waals surface area contributed by atoms with Crippen LogP contribution >= 0.6 is 11.6 Å². The molecule has 0 saturated heterocycles. The number of anilines is 1. The molecule has 36 heavy (non-hydrogen) atoms. The van der Waals surface area contributed by atoms with E-state index in [0.29, 0.717) is 5.71 Å². The van der Waals surface area contributed by atoms with E-state index in [1.54, 1.807) is 6.92 Å². The Hall–Kier alpha value is -3.96. The second kappa shape index (κ2) is 11.2. The standard InChI is InChI=1S/C24H23ClN4O6S/c1-16-9-11-20(14-21(16)29(31)32)36(33,34)28(22-13-19(25)10-12-23(22)35-3)15-24(30)27-26-17(2)18-7-5-4-6-8-18/h4-14H,15H2,1-3H3,(H,27,30)/b26-17-. The highest BCUT2D eigenvalue weighted by atomic mass is 35.5. The number of nitrogens with zero attached hydrogens (tertiary/aromatic N) is 3. The molecule has 1 N–H and O–H groups in total. The van der Waals surface area contributed by atoms with Gasteiger partial charge in [-0.2, -0.15) is 5.10 Å². The Morgan fingerprint density at radius 1 is 1.14 bits per heavy atom. The molecule has 0 saturated carbocycles. The van der Waals surface area contributed by atoms with Crippen molar-refractivity contribution in [3.05, 3.63) is 93.0 Å². The molecular weight excluding hydrogens is 508 g/mol. The van der Waals surface area contributed by atoms with Gasteiger partial charge in [-0.1, -0.05) is 48.0 Å². The van der Waals surface area contributed by atoms with Crippen LogP contribution in [0.5, 0.6) is 5.75 Å². The third kappa shape index (κ3) is 5.99.